The van der Waals surface area contributed by atoms with Crippen molar-refractivity contribution in [2.75, 3.05) is 26.3 Å². The number of hydrogen-bond acceptors (Lipinski definition) is 4. The summed E-state index contributed by atoms with van der Waals surface area (Å²) in [4.78, 5) is 14.3. The van der Waals surface area contributed by atoms with Crippen molar-refractivity contribution in [3.05, 3.63) is 65.2 Å². The molecule has 1 fully saturated rings. The molecule has 0 aliphatic carbocycles. The molecule has 0 bridgehead atoms. The fourth-order valence-corrected chi connectivity index (χ4v) is 3.86. The van der Waals surface area contributed by atoms with Gasteiger partial charge in [-0.2, -0.15) is 0 Å². The lowest BCUT2D eigenvalue weighted by Gasteiger charge is -2.27. The van der Waals surface area contributed by atoms with Gasteiger partial charge in [0.15, 0.2) is 0 Å². The zero-order valence-electron chi connectivity index (χ0n) is 14.6. The maximum absolute atomic E-state index is 12.6. The average molecular weight is 374 g/mol. The molecule has 6 nitrogen and oxygen atoms in total. The van der Waals surface area contributed by atoms with Gasteiger partial charge in [0, 0.05) is 25.2 Å². The zero-order chi connectivity index (χ0) is 18.6. The Bertz CT molecular complexity index is 890. The smallest absolute Gasteiger partial charge is 0.254 e. The van der Waals surface area contributed by atoms with E-state index < -0.39 is 10.0 Å². The second-order valence-corrected chi connectivity index (χ2v) is 7.95. The lowest BCUT2D eigenvalue weighted by Crippen LogP contribution is -2.40. The highest BCUT2D eigenvalue weighted by molar-refractivity contribution is 7.89. The molecule has 26 heavy (non-hydrogen) atoms. The fourth-order valence-electron chi connectivity index (χ4n) is 2.81. The molecule has 1 N–H and O–H groups in total. The maximum Gasteiger partial charge on any atom is 0.254 e. The molecule has 2 aromatic carbocycles. The second-order valence-electron chi connectivity index (χ2n) is 6.18. The number of amides is 1. The van der Waals surface area contributed by atoms with E-state index in [1.54, 1.807) is 17.0 Å². The summed E-state index contributed by atoms with van der Waals surface area (Å²) in [6.45, 7) is 4.17. The van der Waals surface area contributed by atoms with E-state index in [4.69, 9.17) is 4.74 Å². The SMILES string of the molecule is Cc1ccccc1CNS(=O)(=O)c1cccc(C(=O)N2CCOCC2)c1. The van der Waals surface area contributed by atoms with E-state index in [0.717, 1.165) is 11.1 Å². The standard InChI is InChI=1S/C19H22N2O4S/c1-15-5-2-3-6-17(15)14-20-26(23,24)18-8-4-7-16(13-18)19(22)21-9-11-25-12-10-21/h2-8,13,20H,9-12,14H2,1H3. The van der Waals surface area contributed by atoms with Gasteiger partial charge in [-0.25, -0.2) is 13.1 Å². The molecule has 0 aromatic heterocycles. The van der Waals surface area contributed by atoms with E-state index in [1.165, 1.54) is 12.1 Å². The fraction of sp³-hybridized carbons (Fsp3) is 0.316. The van der Waals surface area contributed by atoms with Gasteiger partial charge in [-0.1, -0.05) is 30.3 Å². The van der Waals surface area contributed by atoms with Gasteiger partial charge < -0.3 is 9.64 Å². The van der Waals surface area contributed by atoms with Gasteiger partial charge in [0.2, 0.25) is 10.0 Å². The molecule has 2 aromatic rings. The summed E-state index contributed by atoms with van der Waals surface area (Å²) < 4.78 is 33.1. The molecule has 1 amide bonds. The summed E-state index contributed by atoms with van der Waals surface area (Å²) in [5.74, 6) is -0.177. The van der Waals surface area contributed by atoms with Crippen LogP contribution in [0.25, 0.3) is 0 Å². The second kappa shape index (κ2) is 7.99. The van der Waals surface area contributed by atoms with Gasteiger partial charge in [0.25, 0.3) is 5.91 Å². The van der Waals surface area contributed by atoms with E-state index in [9.17, 15) is 13.2 Å². The van der Waals surface area contributed by atoms with E-state index in [1.807, 2.05) is 31.2 Å². The minimum absolute atomic E-state index is 0.0881. The monoisotopic (exact) mass is 374 g/mol. The van der Waals surface area contributed by atoms with Crippen LogP contribution in [-0.4, -0.2) is 45.5 Å². The quantitative estimate of drug-likeness (QED) is 0.868. The van der Waals surface area contributed by atoms with E-state index in [0.29, 0.717) is 31.9 Å². The van der Waals surface area contributed by atoms with Crippen molar-refractivity contribution in [3.63, 3.8) is 0 Å². The number of rotatable bonds is 5. The number of aryl methyl sites for hydroxylation is 1. The Labute approximate surface area is 153 Å². The molecule has 3 rings (SSSR count). The summed E-state index contributed by atoms with van der Waals surface area (Å²) in [6, 6.07) is 13.8. The predicted octanol–water partition coefficient (Wildman–Crippen LogP) is 1.95. The van der Waals surface area contributed by atoms with Gasteiger partial charge in [0.05, 0.1) is 18.1 Å². The lowest BCUT2D eigenvalue weighted by atomic mass is 10.1. The highest BCUT2D eigenvalue weighted by Crippen LogP contribution is 2.15. The molecule has 0 unspecified atom stereocenters. The number of morpholine rings is 1. The van der Waals surface area contributed by atoms with Gasteiger partial charge in [-0.05, 0) is 36.2 Å². The van der Waals surface area contributed by atoms with Crippen LogP contribution in [0.15, 0.2) is 53.4 Å². The summed E-state index contributed by atoms with van der Waals surface area (Å²) in [5, 5.41) is 0. The first-order chi connectivity index (χ1) is 12.5. The topological polar surface area (TPSA) is 75.7 Å². The summed E-state index contributed by atoms with van der Waals surface area (Å²) in [7, 11) is -3.71. The summed E-state index contributed by atoms with van der Waals surface area (Å²) in [6.07, 6.45) is 0. The molecule has 138 valence electrons. The number of sulfonamides is 1. The molecular formula is C19H22N2O4S. The molecule has 1 saturated heterocycles. The van der Waals surface area contributed by atoms with Gasteiger partial charge in [-0.3, -0.25) is 4.79 Å². The minimum atomic E-state index is -3.71. The number of hydrogen-bond donors (Lipinski definition) is 1. The third-order valence-corrected chi connectivity index (χ3v) is 5.80. The van der Waals surface area contributed by atoms with E-state index in [-0.39, 0.29) is 17.3 Å². The first kappa shape index (κ1) is 18.6. The average Bonchev–Trinajstić information content (AvgIpc) is 2.67. The molecule has 7 heteroatoms. The van der Waals surface area contributed by atoms with Gasteiger partial charge in [0.1, 0.15) is 0 Å². The minimum Gasteiger partial charge on any atom is -0.378 e. The third-order valence-electron chi connectivity index (χ3n) is 4.40. The van der Waals surface area contributed by atoms with Crippen molar-refractivity contribution in [1.82, 2.24) is 9.62 Å². The van der Waals surface area contributed by atoms with Crippen LogP contribution in [0.3, 0.4) is 0 Å². The number of carbonyl (C=O) groups excluding carboxylic acids is 1. The van der Waals surface area contributed by atoms with Crippen molar-refractivity contribution in [2.24, 2.45) is 0 Å². The van der Waals surface area contributed by atoms with Crippen LogP contribution in [-0.2, 0) is 21.3 Å². The lowest BCUT2D eigenvalue weighted by molar-refractivity contribution is 0.0302. The normalized spacial score (nSPS) is 15.0. The summed E-state index contributed by atoms with van der Waals surface area (Å²) in [5.41, 5.74) is 2.30. The molecule has 0 spiro atoms. The number of carbonyl (C=O) groups is 1. The van der Waals surface area contributed by atoms with Crippen molar-refractivity contribution in [1.29, 1.82) is 0 Å². The number of ether oxygens (including phenoxy) is 1. The molecule has 0 saturated carbocycles. The van der Waals surface area contributed by atoms with Crippen LogP contribution in [0.4, 0.5) is 0 Å². The predicted molar refractivity (Wildman–Crippen MR) is 98.4 cm³/mol. The molecule has 0 radical (unpaired) electrons. The van der Waals surface area contributed by atoms with Crippen LogP contribution in [0, 0.1) is 6.92 Å². The molecule has 1 aliphatic rings. The Balaban J connectivity index is 1.75. The highest BCUT2D eigenvalue weighted by atomic mass is 32.2. The number of nitrogens with one attached hydrogen (secondary N) is 1. The van der Waals surface area contributed by atoms with E-state index >= 15 is 0 Å². The number of nitrogens with zero attached hydrogens (tertiary/aromatic N) is 1. The van der Waals surface area contributed by atoms with Crippen LogP contribution in [0.2, 0.25) is 0 Å². The molecule has 0 atom stereocenters. The van der Waals surface area contributed by atoms with Crippen molar-refractivity contribution in [2.45, 2.75) is 18.4 Å². The van der Waals surface area contributed by atoms with Crippen LogP contribution in [0.1, 0.15) is 21.5 Å². The van der Waals surface area contributed by atoms with Gasteiger partial charge in [-0.15, -0.1) is 0 Å². The summed E-state index contributed by atoms with van der Waals surface area (Å²) >= 11 is 0. The Morgan fingerprint density at radius 3 is 2.58 bits per heavy atom. The van der Waals surface area contributed by atoms with Crippen LogP contribution >= 0.6 is 0 Å². The largest absolute Gasteiger partial charge is 0.378 e. The third kappa shape index (κ3) is 4.30. The van der Waals surface area contributed by atoms with Crippen LogP contribution < -0.4 is 4.72 Å². The number of benzene rings is 2. The van der Waals surface area contributed by atoms with Crippen LogP contribution in [0.5, 0.6) is 0 Å². The Morgan fingerprint density at radius 1 is 1.12 bits per heavy atom. The van der Waals surface area contributed by atoms with Crippen molar-refractivity contribution in [3.8, 4) is 0 Å². The molecule has 1 heterocycles. The van der Waals surface area contributed by atoms with E-state index in [2.05, 4.69) is 4.72 Å². The Morgan fingerprint density at radius 2 is 1.85 bits per heavy atom. The zero-order valence-corrected chi connectivity index (χ0v) is 15.5. The first-order valence-electron chi connectivity index (χ1n) is 8.48. The van der Waals surface area contributed by atoms with Crippen molar-refractivity contribution >= 4 is 15.9 Å². The molecular weight excluding hydrogens is 352 g/mol. The maximum atomic E-state index is 12.6. The van der Waals surface area contributed by atoms with Crippen molar-refractivity contribution < 1.29 is 17.9 Å². The van der Waals surface area contributed by atoms with Gasteiger partial charge >= 0.3 is 0 Å². The highest BCUT2D eigenvalue weighted by Gasteiger charge is 2.21. The Kier molecular flexibility index (Phi) is 5.70. The first-order valence-corrected chi connectivity index (χ1v) is 9.97. The molecule has 1 aliphatic heterocycles. The Hall–Kier alpha value is -2.22.